The highest BCUT2D eigenvalue weighted by atomic mass is 16.5. The van der Waals surface area contributed by atoms with Crippen LogP contribution in [0.2, 0.25) is 0 Å². The monoisotopic (exact) mass is 237 g/mol. The van der Waals surface area contributed by atoms with E-state index in [-0.39, 0.29) is 6.10 Å². The first kappa shape index (κ1) is 14.0. The first-order valence-electron chi connectivity index (χ1n) is 6.18. The number of nitrogens with one attached hydrogen (secondary N) is 1. The minimum atomic E-state index is -0.302. The smallest absolute Gasteiger partial charge is 0.119 e. The molecule has 0 heterocycles. The van der Waals surface area contributed by atoms with Crippen molar-refractivity contribution in [3.63, 3.8) is 0 Å². The van der Waals surface area contributed by atoms with Gasteiger partial charge in [-0.05, 0) is 30.5 Å². The molecule has 3 nitrogen and oxygen atoms in total. The van der Waals surface area contributed by atoms with Gasteiger partial charge in [0.05, 0.1) is 12.7 Å². The van der Waals surface area contributed by atoms with E-state index in [0.717, 1.165) is 18.9 Å². The highest BCUT2D eigenvalue weighted by molar-refractivity contribution is 5.27. The van der Waals surface area contributed by atoms with Gasteiger partial charge in [0.25, 0.3) is 0 Å². The third kappa shape index (κ3) is 6.29. The summed E-state index contributed by atoms with van der Waals surface area (Å²) in [5.41, 5.74) is 1.20. The van der Waals surface area contributed by atoms with Gasteiger partial charge in [-0.15, -0.1) is 0 Å². The second-order valence-corrected chi connectivity index (χ2v) is 4.83. The first-order valence-corrected chi connectivity index (χ1v) is 6.18. The molecule has 1 aromatic rings. The largest absolute Gasteiger partial charge is 0.493 e. The normalized spacial score (nSPS) is 12.8. The van der Waals surface area contributed by atoms with E-state index in [4.69, 9.17) is 9.84 Å². The van der Waals surface area contributed by atoms with Crippen molar-refractivity contribution in [2.45, 2.75) is 33.4 Å². The van der Waals surface area contributed by atoms with Crippen LogP contribution in [-0.4, -0.2) is 24.4 Å². The van der Waals surface area contributed by atoms with Gasteiger partial charge in [-0.25, -0.2) is 0 Å². The molecule has 1 atom stereocenters. The van der Waals surface area contributed by atoms with Gasteiger partial charge in [0.15, 0.2) is 0 Å². The van der Waals surface area contributed by atoms with Crippen LogP contribution < -0.4 is 10.1 Å². The van der Waals surface area contributed by atoms with Gasteiger partial charge in [-0.2, -0.15) is 0 Å². The Labute approximate surface area is 104 Å². The van der Waals surface area contributed by atoms with Gasteiger partial charge in [-0.1, -0.05) is 26.0 Å². The summed E-state index contributed by atoms with van der Waals surface area (Å²) in [6, 6.07) is 8.07. The summed E-state index contributed by atoms with van der Waals surface area (Å²) in [5, 5.41) is 12.3. The zero-order valence-electron chi connectivity index (χ0n) is 10.9. The summed E-state index contributed by atoms with van der Waals surface area (Å²) in [6.45, 7) is 8.18. The van der Waals surface area contributed by atoms with Crippen LogP contribution in [0.15, 0.2) is 24.3 Å². The second kappa shape index (κ2) is 7.30. The Hall–Kier alpha value is -1.06. The van der Waals surface area contributed by atoms with Crippen molar-refractivity contribution in [1.82, 2.24) is 5.32 Å². The number of hydrogen-bond acceptors (Lipinski definition) is 3. The molecule has 1 aromatic carbocycles. The molecule has 2 N–H and O–H groups in total. The summed E-state index contributed by atoms with van der Waals surface area (Å²) < 4.78 is 5.60. The third-order valence-corrected chi connectivity index (χ3v) is 2.28. The predicted octanol–water partition coefficient (Wildman–Crippen LogP) is 2.19. The van der Waals surface area contributed by atoms with Gasteiger partial charge in [0.2, 0.25) is 0 Å². The average molecular weight is 237 g/mol. The zero-order chi connectivity index (χ0) is 12.7. The summed E-state index contributed by atoms with van der Waals surface area (Å²) in [4.78, 5) is 0. The molecule has 0 bridgehead atoms. The highest BCUT2D eigenvalue weighted by Gasteiger charge is 1.99. The van der Waals surface area contributed by atoms with Gasteiger partial charge in [0, 0.05) is 13.1 Å². The molecule has 0 aliphatic carbocycles. The van der Waals surface area contributed by atoms with E-state index in [1.165, 1.54) is 5.56 Å². The van der Waals surface area contributed by atoms with Crippen molar-refractivity contribution >= 4 is 0 Å². The molecule has 0 radical (unpaired) electrons. The van der Waals surface area contributed by atoms with Gasteiger partial charge in [0.1, 0.15) is 5.75 Å². The molecule has 0 saturated carbocycles. The number of ether oxygens (including phenoxy) is 1. The minimum Gasteiger partial charge on any atom is -0.493 e. The van der Waals surface area contributed by atoms with Crippen LogP contribution in [0, 0.1) is 5.92 Å². The van der Waals surface area contributed by atoms with Crippen LogP contribution in [0.1, 0.15) is 26.3 Å². The lowest BCUT2D eigenvalue weighted by Gasteiger charge is -2.10. The van der Waals surface area contributed by atoms with Crippen LogP contribution in [-0.2, 0) is 6.54 Å². The number of hydrogen-bond donors (Lipinski definition) is 2. The van der Waals surface area contributed by atoms with E-state index >= 15 is 0 Å². The van der Waals surface area contributed by atoms with Gasteiger partial charge in [-0.3, -0.25) is 0 Å². The lowest BCUT2D eigenvalue weighted by molar-refractivity contribution is 0.191. The van der Waals surface area contributed by atoms with E-state index in [0.29, 0.717) is 12.5 Å². The molecule has 17 heavy (non-hydrogen) atoms. The van der Waals surface area contributed by atoms with Crippen LogP contribution in [0.4, 0.5) is 0 Å². The molecule has 3 heteroatoms. The van der Waals surface area contributed by atoms with Crippen molar-refractivity contribution < 1.29 is 9.84 Å². The van der Waals surface area contributed by atoms with Crippen molar-refractivity contribution in [2.75, 3.05) is 13.2 Å². The fourth-order valence-electron chi connectivity index (χ4n) is 1.39. The highest BCUT2D eigenvalue weighted by Crippen LogP contribution is 2.13. The topological polar surface area (TPSA) is 41.5 Å². The average Bonchev–Trinajstić information content (AvgIpc) is 2.27. The van der Waals surface area contributed by atoms with Gasteiger partial charge >= 0.3 is 0 Å². The quantitative estimate of drug-likeness (QED) is 0.764. The van der Waals surface area contributed by atoms with E-state index in [2.05, 4.69) is 19.2 Å². The summed E-state index contributed by atoms with van der Waals surface area (Å²) in [6.07, 6.45) is -0.302. The maximum Gasteiger partial charge on any atom is 0.119 e. The van der Waals surface area contributed by atoms with Crippen molar-refractivity contribution in [3.8, 4) is 5.75 Å². The Morgan fingerprint density at radius 3 is 2.35 bits per heavy atom. The first-order chi connectivity index (χ1) is 8.08. The lowest BCUT2D eigenvalue weighted by atomic mass is 10.2. The van der Waals surface area contributed by atoms with Crippen LogP contribution in [0.5, 0.6) is 5.75 Å². The molecule has 1 unspecified atom stereocenters. The summed E-state index contributed by atoms with van der Waals surface area (Å²) in [5.74, 6) is 1.46. The number of rotatable bonds is 7. The maximum atomic E-state index is 9.11. The van der Waals surface area contributed by atoms with Crippen molar-refractivity contribution in [3.05, 3.63) is 29.8 Å². The molecule has 0 amide bonds. The van der Waals surface area contributed by atoms with E-state index in [1.807, 2.05) is 24.3 Å². The second-order valence-electron chi connectivity index (χ2n) is 4.83. The molecular weight excluding hydrogens is 214 g/mol. The maximum absolute atomic E-state index is 9.11. The summed E-state index contributed by atoms with van der Waals surface area (Å²) in [7, 11) is 0. The zero-order valence-corrected chi connectivity index (χ0v) is 10.9. The van der Waals surface area contributed by atoms with Crippen molar-refractivity contribution in [1.29, 1.82) is 0 Å². The molecule has 0 aromatic heterocycles. The Balaban J connectivity index is 2.34. The minimum absolute atomic E-state index is 0.302. The fraction of sp³-hybridized carbons (Fsp3) is 0.571. The molecule has 0 spiro atoms. The van der Waals surface area contributed by atoms with E-state index < -0.39 is 0 Å². The fourth-order valence-corrected chi connectivity index (χ4v) is 1.39. The third-order valence-electron chi connectivity index (χ3n) is 2.28. The standard InChI is InChI=1S/C14H23NO2/c1-11(2)10-17-14-6-4-13(5-7-14)9-15-8-12(3)16/h4-7,11-12,15-16H,8-10H2,1-3H3. The Kier molecular flexibility index (Phi) is 6.01. The SMILES string of the molecule is CC(C)COc1ccc(CNCC(C)O)cc1. The van der Waals surface area contributed by atoms with Crippen LogP contribution in [0.25, 0.3) is 0 Å². The predicted molar refractivity (Wildman–Crippen MR) is 70.2 cm³/mol. The van der Waals surface area contributed by atoms with Gasteiger partial charge < -0.3 is 15.2 Å². The van der Waals surface area contributed by atoms with E-state index in [1.54, 1.807) is 6.92 Å². The molecule has 1 rings (SSSR count). The molecule has 0 aliphatic rings. The Morgan fingerprint density at radius 1 is 1.18 bits per heavy atom. The molecule has 0 aliphatic heterocycles. The molecule has 0 fully saturated rings. The number of aliphatic hydroxyl groups excluding tert-OH is 1. The Morgan fingerprint density at radius 2 is 1.82 bits per heavy atom. The molecule has 96 valence electrons. The van der Waals surface area contributed by atoms with E-state index in [9.17, 15) is 0 Å². The Bertz CT molecular complexity index is 307. The molecular formula is C14H23NO2. The van der Waals surface area contributed by atoms with Crippen LogP contribution in [0.3, 0.4) is 0 Å². The number of benzene rings is 1. The summed E-state index contributed by atoms with van der Waals surface area (Å²) >= 11 is 0. The molecule has 0 saturated heterocycles. The lowest BCUT2D eigenvalue weighted by Crippen LogP contribution is -2.23. The van der Waals surface area contributed by atoms with Crippen LogP contribution >= 0.6 is 0 Å². The number of aliphatic hydroxyl groups is 1. The van der Waals surface area contributed by atoms with Crippen molar-refractivity contribution in [2.24, 2.45) is 5.92 Å².